The van der Waals surface area contributed by atoms with E-state index in [2.05, 4.69) is 53.7 Å². The summed E-state index contributed by atoms with van der Waals surface area (Å²) in [6.07, 6.45) is 12.6. The largest absolute Gasteiger partial charge is 0.396 e. The van der Waals surface area contributed by atoms with Crippen molar-refractivity contribution in [2.24, 2.45) is 58.2 Å². The van der Waals surface area contributed by atoms with E-state index in [0.29, 0.717) is 41.4 Å². The number of fused-ring (bicyclic) bond motifs is 5. The maximum absolute atomic E-state index is 12.4. The number of aliphatic hydroxyl groups excluding tert-OH is 2. The van der Waals surface area contributed by atoms with Crippen LogP contribution in [0.1, 0.15) is 92.9 Å². The molecule has 0 aliphatic heterocycles. The Morgan fingerprint density at radius 1 is 0.906 bits per heavy atom. The van der Waals surface area contributed by atoms with E-state index in [0.717, 1.165) is 51.4 Å². The van der Waals surface area contributed by atoms with E-state index in [-0.39, 0.29) is 29.5 Å². The molecule has 11 unspecified atom stereocenters. The van der Waals surface area contributed by atoms with Gasteiger partial charge in [-0.15, -0.1) is 0 Å². The first kappa shape index (κ1) is 24.7. The Kier molecular flexibility index (Phi) is 6.71. The normalized spacial score (nSPS) is 50.7. The van der Waals surface area contributed by atoms with Crippen LogP contribution in [0.3, 0.4) is 0 Å². The highest BCUT2D eigenvalue weighted by Gasteiger charge is 2.68. The lowest BCUT2D eigenvalue weighted by atomic mass is 9.41. The van der Waals surface area contributed by atoms with E-state index < -0.39 is 5.60 Å². The molecule has 0 bridgehead atoms. The maximum atomic E-state index is 12.4. The van der Waals surface area contributed by atoms with Crippen molar-refractivity contribution in [2.75, 3.05) is 6.61 Å². The van der Waals surface area contributed by atoms with Gasteiger partial charge in [-0.3, -0.25) is 0 Å². The molecule has 0 radical (unpaired) electrons. The van der Waals surface area contributed by atoms with Gasteiger partial charge in [0.2, 0.25) is 0 Å². The zero-order valence-corrected chi connectivity index (χ0v) is 21.6. The van der Waals surface area contributed by atoms with Crippen molar-refractivity contribution in [3.63, 3.8) is 0 Å². The van der Waals surface area contributed by atoms with Gasteiger partial charge in [0, 0.05) is 12.0 Å². The van der Waals surface area contributed by atoms with Crippen molar-refractivity contribution in [3.05, 3.63) is 12.2 Å². The lowest BCUT2D eigenvalue weighted by Crippen LogP contribution is -2.66. The molecule has 3 N–H and O–H groups in total. The lowest BCUT2D eigenvalue weighted by molar-refractivity contribution is -0.242. The van der Waals surface area contributed by atoms with Crippen LogP contribution in [0, 0.1) is 58.2 Å². The van der Waals surface area contributed by atoms with Crippen LogP contribution in [0.2, 0.25) is 0 Å². The second-order valence-corrected chi connectivity index (χ2v) is 13.2. The first-order chi connectivity index (χ1) is 15.0. The molecule has 0 heterocycles. The van der Waals surface area contributed by atoms with Crippen LogP contribution >= 0.6 is 0 Å². The second kappa shape index (κ2) is 8.68. The standard InChI is InChI=1S/C29H50O3/c1-18(2)19(3)7-8-20(4)22-9-10-26-28(22,17-30)15-13-25-27(6)14-12-24(31)21(5)23(27)11-16-29(25,26)32/h7-8,18-26,30-32H,9-17H2,1-6H3. The Labute approximate surface area is 197 Å². The molecule has 11 atom stereocenters. The fraction of sp³-hybridized carbons (Fsp3) is 0.931. The molecule has 184 valence electrons. The van der Waals surface area contributed by atoms with E-state index in [1.54, 1.807) is 0 Å². The minimum atomic E-state index is -0.655. The minimum absolute atomic E-state index is 0.115. The first-order valence-electron chi connectivity index (χ1n) is 13.7. The van der Waals surface area contributed by atoms with Gasteiger partial charge in [0.25, 0.3) is 0 Å². The highest BCUT2D eigenvalue weighted by molar-refractivity contribution is 5.18. The monoisotopic (exact) mass is 446 g/mol. The fourth-order valence-electron chi connectivity index (χ4n) is 9.43. The van der Waals surface area contributed by atoms with E-state index in [1.807, 2.05) is 0 Å². The molecule has 4 aliphatic rings. The van der Waals surface area contributed by atoms with E-state index in [1.165, 1.54) is 0 Å². The molecule has 4 saturated carbocycles. The minimum Gasteiger partial charge on any atom is -0.396 e. The summed E-state index contributed by atoms with van der Waals surface area (Å²) in [6, 6.07) is 0. The maximum Gasteiger partial charge on any atom is 0.0715 e. The van der Waals surface area contributed by atoms with Crippen LogP contribution in [0.25, 0.3) is 0 Å². The summed E-state index contributed by atoms with van der Waals surface area (Å²) in [7, 11) is 0. The van der Waals surface area contributed by atoms with Crippen LogP contribution in [0.4, 0.5) is 0 Å². The SMILES string of the molecule is CC(C)C(C)C=CC(C)C1CCC2C3(O)CCC4C(C)C(O)CCC4(C)C3CCC12CO. The Morgan fingerprint density at radius 2 is 1.62 bits per heavy atom. The van der Waals surface area contributed by atoms with E-state index in [9.17, 15) is 15.3 Å². The molecule has 0 saturated heterocycles. The Hall–Kier alpha value is -0.380. The molecule has 0 aromatic rings. The van der Waals surface area contributed by atoms with Crippen LogP contribution in [0.15, 0.2) is 12.2 Å². The number of hydrogen-bond acceptors (Lipinski definition) is 3. The Balaban J connectivity index is 1.61. The van der Waals surface area contributed by atoms with Gasteiger partial charge in [0.05, 0.1) is 11.7 Å². The summed E-state index contributed by atoms with van der Waals surface area (Å²) in [6.45, 7) is 14.1. The number of rotatable bonds is 5. The summed E-state index contributed by atoms with van der Waals surface area (Å²) in [5, 5.41) is 33.8. The summed E-state index contributed by atoms with van der Waals surface area (Å²) in [5.74, 6) is 3.45. The number of aliphatic hydroxyl groups is 3. The van der Waals surface area contributed by atoms with Crippen molar-refractivity contribution in [1.29, 1.82) is 0 Å². The van der Waals surface area contributed by atoms with Gasteiger partial charge in [0.1, 0.15) is 0 Å². The molecule has 0 spiro atoms. The topological polar surface area (TPSA) is 60.7 Å². The van der Waals surface area contributed by atoms with Crippen LogP contribution in [-0.4, -0.2) is 33.6 Å². The molecule has 0 amide bonds. The molecule has 0 aromatic heterocycles. The van der Waals surface area contributed by atoms with E-state index >= 15 is 0 Å². The highest BCUT2D eigenvalue weighted by atomic mass is 16.3. The molecular formula is C29H50O3. The summed E-state index contributed by atoms with van der Waals surface area (Å²) < 4.78 is 0. The Morgan fingerprint density at radius 3 is 2.28 bits per heavy atom. The highest BCUT2D eigenvalue weighted by Crippen LogP contribution is 2.70. The molecule has 4 fully saturated rings. The van der Waals surface area contributed by atoms with Crippen molar-refractivity contribution >= 4 is 0 Å². The summed E-state index contributed by atoms with van der Waals surface area (Å²) in [5.41, 5.74) is -0.680. The molecular weight excluding hydrogens is 396 g/mol. The molecule has 4 aliphatic carbocycles. The first-order valence-corrected chi connectivity index (χ1v) is 13.7. The van der Waals surface area contributed by atoms with Crippen molar-refractivity contribution in [3.8, 4) is 0 Å². The molecule has 3 nitrogen and oxygen atoms in total. The van der Waals surface area contributed by atoms with Crippen LogP contribution < -0.4 is 0 Å². The predicted octanol–water partition coefficient (Wildman–Crippen LogP) is 5.82. The average molecular weight is 447 g/mol. The third-order valence-electron chi connectivity index (χ3n) is 11.7. The summed E-state index contributed by atoms with van der Waals surface area (Å²) in [4.78, 5) is 0. The van der Waals surface area contributed by atoms with Gasteiger partial charge < -0.3 is 15.3 Å². The van der Waals surface area contributed by atoms with Crippen LogP contribution in [-0.2, 0) is 0 Å². The van der Waals surface area contributed by atoms with Crippen LogP contribution in [0.5, 0.6) is 0 Å². The molecule has 3 heteroatoms. The zero-order chi connectivity index (χ0) is 23.5. The van der Waals surface area contributed by atoms with Crippen molar-refractivity contribution in [2.45, 2.75) is 105 Å². The van der Waals surface area contributed by atoms with Crippen molar-refractivity contribution < 1.29 is 15.3 Å². The Bertz CT molecular complexity index is 703. The van der Waals surface area contributed by atoms with Gasteiger partial charge in [-0.2, -0.15) is 0 Å². The van der Waals surface area contributed by atoms with Gasteiger partial charge in [-0.05, 0) is 104 Å². The number of hydrogen-bond donors (Lipinski definition) is 3. The third-order valence-corrected chi connectivity index (χ3v) is 11.7. The van der Waals surface area contributed by atoms with Gasteiger partial charge in [-0.25, -0.2) is 0 Å². The molecule has 4 rings (SSSR count). The predicted molar refractivity (Wildman–Crippen MR) is 131 cm³/mol. The van der Waals surface area contributed by atoms with Gasteiger partial charge in [-0.1, -0.05) is 53.7 Å². The summed E-state index contributed by atoms with van der Waals surface area (Å²) >= 11 is 0. The van der Waals surface area contributed by atoms with Crippen molar-refractivity contribution in [1.82, 2.24) is 0 Å². The average Bonchev–Trinajstić information content (AvgIpc) is 3.15. The van der Waals surface area contributed by atoms with E-state index in [4.69, 9.17) is 0 Å². The molecule has 32 heavy (non-hydrogen) atoms. The third kappa shape index (κ3) is 3.55. The smallest absolute Gasteiger partial charge is 0.0715 e. The fourth-order valence-corrected chi connectivity index (χ4v) is 9.43. The second-order valence-electron chi connectivity index (χ2n) is 13.2. The number of allylic oxidation sites excluding steroid dienone is 2. The molecule has 0 aromatic carbocycles. The lowest BCUT2D eigenvalue weighted by Gasteiger charge is -2.66. The zero-order valence-electron chi connectivity index (χ0n) is 21.6. The van der Waals surface area contributed by atoms with Gasteiger partial charge >= 0.3 is 0 Å². The quantitative estimate of drug-likeness (QED) is 0.466. The van der Waals surface area contributed by atoms with Gasteiger partial charge in [0.15, 0.2) is 0 Å².